The van der Waals surface area contributed by atoms with Gasteiger partial charge in [-0.1, -0.05) is 6.92 Å². The minimum absolute atomic E-state index is 0.125. The quantitative estimate of drug-likeness (QED) is 0.818. The van der Waals surface area contributed by atoms with E-state index in [0.29, 0.717) is 5.69 Å². The van der Waals surface area contributed by atoms with Crippen molar-refractivity contribution in [1.29, 1.82) is 0 Å². The largest absolute Gasteiger partial charge is 0.468 e. The summed E-state index contributed by atoms with van der Waals surface area (Å²) < 4.78 is 17.6. The molecule has 0 spiro atoms. The molecule has 1 aromatic rings. The number of carbonyl (C=O) groups is 1. The summed E-state index contributed by atoms with van der Waals surface area (Å²) in [4.78, 5) is 15.6. The Labute approximate surface area is 107 Å². The molecule has 0 aliphatic rings. The Bertz CT molecular complexity index is 404. The smallest absolute Gasteiger partial charge is 0.325 e. The molecule has 18 heavy (non-hydrogen) atoms. The van der Waals surface area contributed by atoms with Gasteiger partial charge in [-0.2, -0.15) is 0 Å². The van der Waals surface area contributed by atoms with Crippen LogP contribution in [0.2, 0.25) is 0 Å². The van der Waals surface area contributed by atoms with Crippen LogP contribution in [0.25, 0.3) is 0 Å². The molecule has 0 fully saturated rings. The van der Waals surface area contributed by atoms with E-state index in [0.717, 1.165) is 6.42 Å². The van der Waals surface area contributed by atoms with Gasteiger partial charge in [-0.05, 0) is 32.4 Å². The molecule has 1 aromatic heterocycles. The fraction of sp³-hybridized carbons (Fsp3) is 0.538. The number of esters is 1. The van der Waals surface area contributed by atoms with Gasteiger partial charge in [0, 0.05) is 0 Å². The van der Waals surface area contributed by atoms with E-state index in [-0.39, 0.29) is 17.8 Å². The van der Waals surface area contributed by atoms with Crippen LogP contribution in [0, 0.1) is 5.82 Å². The van der Waals surface area contributed by atoms with Crippen molar-refractivity contribution < 1.29 is 13.9 Å². The fourth-order valence-electron chi connectivity index (χ4n) is 1.73. The van der Waals surface area contributed by atoms with Gasteiger partial charge in [0.25, 0.3) is 0 Å². The van der Waals surface area contributed by atoms with E-state index in [9.17, 15) is 9.18 Å². The molecular weight excluding hydrogens is 235 g/mol. The first-order valence-electron chi connectivity index (χ1n) is 5.88. The summed E-state index contributed by atoms with van der Waals surface area (Å²) >= 11 is 0. The van der Waals surface area contributed by atoms with Crippen LogP contribution in [0.5, 0.6) is 0 Å². The number of halogens is 1. The summed E-state index contributed by atoms with van der Waals surface area (Å²) in [6, 6.07) is 2.85. The summed E-state index contributed by atoms with van der Waals surface area (Å²) in [6.07, 6.45) is 1.91. The van der Waals surface area contributed by atoms with E-state index in [2.05, 4.69) is 10.3 Å². The van der Waals surface area contributed by atoms with Crippen LogP contribution in [0.4, 0.5) is 4.39 Å². The summed E-state index contributed by atoms with van der Waals surface area (Å²) in [5, 5.41) is 3.17. The van der Waals surface area contributed by atoms with Crippen molar-refractivity contribution in [2.45, 2.75) is 38.8 Å². The third-order valence-electron chi connectivity index (χ3n) is 2.75. The summed E-state index contributed by atoms with van der Waals surface area (Å²) in [6.45, 7) is 5.45. The first kappa shape index (κ1) is 14.6. The molecule has 0 aliphatic heterocycles. The first-order chi connectivity index (χ1) is 8.40. The monoisotopic (exact) mass is 254 g/mol. The second-order valence-electron chi connectivity index (χ2n) is 4.62. The molecule has 0 radical (unpaired) electrons. The molecule has 5 heteroatoms. The van der Waals surface area contributed by atoms with Crippen molar-refractivity contribution in [3.05, 3.63) is 29.8 Å². The van der Waals surface area contributed by atoms with Crippen LogP contribution in [0.1, 0.15) is 38.9 Å². The topological polar surface area (TPSA) is 51.2 Å². The lowest BCUT2D eigenvalue weighted by Gasteiger charge is -2.28. The molecule has 0 saturated heterocycles. The maximum absolute atomic E-state index is 12.8. The van der Waals surface area contributed by atoms with Crippen molar-refractivity contribution in [2.24, 2.45) is 0 Å². The Kier molecular flexibility index (Phi) is 4.78. The number of methoxy groups -OCH3 is 1. The molecule has 0 saturated carbocycles. The van der Waals surface area contributed by atoms with Crippen LogP contribution >= 0.6 is 0 Å². The van der Waals surface area contributed by atoms with E-state index in [1.54, 1.807) is 19.9 Å². The Hall–Kier alpha value is -1.49. The molecular formula is C13H19FN2O2. The fourth-order valence-corrected chi connectivity index (χ4v) is 1.73. The molecule has 0 amide bonds. The maximum atomic E-state index is 12.8. The van der Waals surface area contributed by atoms with Crippen molar-refractivity contribution in [1.82, 2.24) is 10.3 Å². The minimum Gasteiger partial charge on any atom is -0.468 e. The van der Waals surface area contributed by atoms with E-state index in [1.165, 1.54) is 19.4 Å². The lowest BCUT2D eigenvalue weighted by molar-refractivity contribution is -0.147. The zero-order chi connectivity index (χ0) is 13.8. The lowest BCUT2D eigenvalue weighted by atomic mass is 10.0. The number of nitrogens with zero attached hydrogens (tertiary/aromatic N) is 1. The predicted molar refractivity (Wildman–Crippen MR) is 66.5 cm³/mol. The number of nitrogens with one attached hydrogen (secondary N) is 1. The highest BCUT2D eigenvalue weighted by atomic mass is 19.1. The molecule has 1 unspecified atom stereocenters. The normalized spacial score (nSPS) is 13.2. The van der Waals surface area contributed by atoms with Gasteiger partial charge in [-0.3, -0.25) is 15.1 Å². The molecule has 100 valence electrons. The van der Waals surface area contributed by atoms with Crippen molar-refractivity contribution in [2.75, 3.05) is 7.11 Å². The van der Waals surface area contributed by atoms with Gasteiger partial charge in [0.15, 0.2) is 0 Å². The van der Waals surface area contributed by atoms with Crippen molar-refractivity contribution in [3.8, 4) is 0 Å². The van der Waals surface area contributed by atoms with Crippen molar-refractivity contribution >= 4 is 5.97 Å². The number of hydrogen-bond donors (Lipinski definition) is 1. The Morgan fingerprint density at radius 2 is 2.22 bits per heavy atom. The zero-order valence-corrected chi connectivity index (χ0v) is 11.2. The summed E-state index contributed by atoms with van der Waals surface area (Å²) in [5.74, 6) is -0.719. The molecule has 1 atom stereocenters. The van der Waals surface area contributed by atoms with Crippen molar-refractivity contribution in [3.63, 3.8) is 0 Å². The van der Waals surface area contributed by atoms with Gasteiger partial charge < -0.3 is 4.74 Å². The van der Waals surface area contributed by atoms with E-state index in [1.807, 2.05) is 6.92 Å². The number of ether oxygens (including phenoxy) is 1. The van der Waals surface area contributed by atoms with E-state index < -0.39 is 5.54 Å². The number of carbonyl (C=O) groups excluding carboxylic acids is 1. The molecule has 1 heterocycles. The third kappa shape index (κ3) is 3.50. The summed E-state index contributed by atoms with van der Waals surface area (Å²) in [7, 11) is 1.35. The first-order valence-corrected chi connectivity index (χ1v) is 5.88. The highest BCUT2D eigenvalue weighted by Crippen LogP contribution is 2.19. The van der Waals surface area contributed by atoms with Crippen LogP contribution < -0.4 is 5.32 Å². The van der Waals surface area contributed by atoms with Gasteiger partial charge in [0.2, 0.25) is 0 Å². The van der Waals surface area contributed by atoms with Crippen LogP contribution in [0.15, 0.2) is 18.3 Å². The molecule has 1 N–H and O–H groups in total. The number of rotatable bonds is 5. The van der Waals surface area contributed by atoms with Gasteiger partial charge >= 0.3 is 5.97 Å². The molecule has 0 bridgehead atoms. The predicted octanol–water partition coefficient (Wildman–Crippen LogP) is 2.21. The van der Waals surface area contributed by atoms with Crippen LogP contribution in [-0.2, 0) is 9.53 Å². The van der Waals surface area contributed by atoms with Gasteiger partial charge in [0.05, 0.1) is 25.0 Å². The Morgan fingerprint density at radius 3 is 2.67 bits per heavy atom. The Balaban J connectivity index is 2.85. The highest BCUT2D eigenvalue weighted by Gasteiger charge is 2.31. The lowest BCUT2D eigenvalue weighted by Crippen LogP contribution is -2.49. The number of aromatic nitrogens is 1. The maximum Gasteiger partial charge on any atom is 0.325 e. The Morgan fingerprint density at radius 1 is 1.56 bits per heavy atom. The van der Waals surface area contributed by atoms with Crippen LogP contribution in [-0.4, -0.2) is 23.6 Å². The van der Waals surface area contributed by atoms with Gasteiger partial charge in [-0.25, -0.2) is 4.39 Å². The average Bonchev–Trinajstić information content (AvgIpc) is 2.36. The number of pyridine rings is 1. The zero-order valence-electron chi connectivity index (χ0n) is 11.2. The third-order valence-corrected chi connectivity index (χ3v) is 2.75. The standard InChI is InChI=1S/C13H19FN2O2/c1-5-10(11-7-6-9(14)8-15-11)16-13(2,3)12(17)18-4/h6-8,10,16H,5H2,1-4H3. The molecule has 4 nitrogen and oxygen atoms in total. The summed E-state index contributed by atoms with van der Waals surface area (Å²) in [5.41, 5.74) is -0.109. The SMILES string of the molecule is CCC(NC(C)(C)C(=O)OC)c1ccc(F)cn1. The van der Waals surface area contributed by atoms with Gasteiger partial charge in [0.1, 0.15) is 11.4 Å². The minimum atomic E-state index is -0.814. The van der Waals surface area contributed by atoms with Crippen LogP contribution in [0.3, 0.4) is 0 Å². The number of hydrogen-bond acceptors (Lipinski definition) is 4. The average molecular weight is 254 g/mol. The second-order valence-corrected chi connectivity index (χ2v) is 4.62. The second kappa shape index (κ2) is 5.91. The highest BCUT2D eigenvalue weighted by molar-refractivity contribution is 5.79. The van der Waals surface area contributed by atoms with E-state index >= 15 is 0 Å². The molecule has 0 aromatic carbocycles. The van der Waals surface area contributed by atoms with E-state index in [4.69, 9.17) is 4.74 Å². The molecule has 1 rings (SSSR count). The van der Waals surface area contributed by atoms with Gasteiger partial charge in [-0.15, -0.1) is 0 Å². The molecule has 0 aliphatic carbocycles.